The Bertz CT molecular complexity index is 436. The van der Waals surface area contributed by atoms with Gasteiger partial charge in [0.2, 0.25) is 0 Å². The number of nitro benzene ring substituents is 1. The average Bonchev–Trinajstić information content (AvgIpc) is 2.39. The SMILES string of the molecule is COCC(Cl)CCNC(=O)c1ccc([N+](=O)[O-])cc1. The lowest BCUT2D eigenvalue weighted by molar-refractivity contribution is -0.384. The van der Waals surface area contributed by atoms with Crippen molar-refractivity contribution < 1.29 is 14.5 Å². The van der Waals surface area contributed by atoms with Gasteiger partial charge in [0.15, 0.2) is 0 Å². The largest absolute Gasteiger partial charge is 0.383 e. The highest BCUT2D eigenvalue weighted by Gasteiger charge is 2.10. The first-order valence-electron chi connectivity index (χ1n) is 5.70. The van der Waals surface area contributed by atoms with Crippen molar-refractivity contribution in [3.8, 4) is 0 Å². The molecule has 1 rings (SSSR count). The maximum atomic E-state index is 11.7. The average molecular weight is 287 g/mol. The number of carbonyl (C=O) groups is 1. The molecule has 1 aromatic carbocycles. The van der Waals surface area contributed by atoms with Gasteiger partial charge in [0, 0.05) is 31.4 Å². The molecule has 1 amide bonds. The summed E-state index contributed by atoms with van der Waals surface area (Å²) in [7, 11) is 1.56. The van der Waals surface area contributed by atoms with Crippen LogP contribution in [0.2, 0.25) is 0 Å². The molecule has 0 aliphatic carbocycles. The summed E-state index contributed by atoms with van der Waals surface area (Å²) >= 11 is 5.91. The highest BCUT2D eigenvalue weighted by Crippen LogP contribution is 2.11. The zero-order chi connectivity index (χ0) is 14.3. The quantitative estimate of drug-likeness (QED) is 0.472. The number of non-ortho nitro benzene ring substituents is 1. The lowest BCUT2D eigenvalue weighted by atomic mass is 10.2. The summed E-state index contributed by atoms with van der Waals surface area (Å²) in [6.45, 7) is 0.850. The predicted molar refractivity (Wildman–Crippen MR) is 71.6 cm³/mol. The summed E-state index contributed by atoms with van der Waals surface area (Å²) in [5, 5.41) is 13.0. The third-order valence-electron chi connectivity index (χ3n) is 2.43. The van der Waals surface area contributed by atoms with E-state index in [4.69, 9.17) is 16.3 Å². The van der Waals surface area contributed by atoms with Gasteiger partial charge >= 0.3 is 0 Å². The maximum absolute atomic E-state index is 11.7. The van der Waals surface area contributed by atoms with Gasteiger partial charge in [-0.25, -0.2) is 0 Å². The molecule has 0 saturated carbocycles. The second-order valence-electron chi connectivity index (χ2n) is 3.90. The van der Waals surface area contributed by atoms with E-state index in [0.717, 1.165) is 0 Å². The van der Waals surface area contributed by atoms with E-state index in [2.05, 4.69) is 5.32 Å². The Hall–Kier alpha value is -1.66. The molecule has 7 heteroatoms. The molecule has 19 heavy (non-hydrogen) atoms. The number of ether oxygens (including phenoxy) is 1. The number of nitrogens with zero attached hydrogens (tertiary/aromatic N) is 1. The van der Waals surface area contributed by atoms with Gasteiger partial charge in [-0.2, -0.15) is 0 Å². The fraction of sp³-hybridized carbons (Fsp3) is 0.417. The number of amides is 1. The molecule has 0 bridgehead atoms. The first-order valence-corrected chi connectivity index (χ1v) is 6.14. The molecule has 0 aliphatic heterocycles. The second kappa shape index (κ2) is 7.70. The van der Waals surface area contributed by atoms with E-state index in [1.165, 1.54) is 24.3 Å². The number of nitro groups is 1. The minimum absolute atomic E-state index is 0.0440. The standard InChI is InChI=1S/C12H15ClN2O4/c1-19-8-10(13)6-7-14-12(16)9-2-4-11(5-3-9)15(17)18/h2-5,10H,6-8H2,1H3,(H,14,16). The Morgan fingerprint density at radius 3 is 2.63 bits per heavy atom. The third kappa shape index (κ3) is 5.23. The highest BCUT2D eigenvalue weighted by molar-refractivity contribution is 6.20. The van der Waals surface area contributed by atoms with Gasteiger partial charge in [-0.05, 0) is 18.6 Å². The number of hydrogen-bond acceptors (Lipinski definition) is 4. The van der Waals surface area contributed by atoms with Crippen molar-refractivity contribution in [2.24, 2.45) is 0 Å². The van der Waals surface area contributed by atoms with E-state index in [0.29, 0.717) is 25.1 Å². The Kier molecular flexibility index (Phi) is 6.24. The van der Waals surface area contributed by atoms with Crippen molar-refractivity contribution in [3.05, 3.63) is 39.9 Å². The number of halogens is 1. The van der Waals surface area contributed by atoms with Gasteiger partial charge in [-0.3, -0.25) is 14.9 Å². The molecule has 0 aliphatic rings. The molecular formula is C12H15ClN2O4. The molecule has 0 spiro atoms. The van der Waals surface area contributed by atoms with Crippen LogP contribution in [0.1, 0.15) is 16.8 Å². The summed E-state index contributed by atoms with van der Waals surface area (Å²) < 4.78 is 4.87. The normalized spacial score (nSPS) is 11.9. The van der Waals surface area contributed by atoms with Crippen LogP contribution in [0, 0.1) is 10.1 Å². The number of carbonyl (C=O) groups excluding carboxylic acids is 1. The minimum Gasteiger partial charge on any atom is -0.383 e. The highest BCUT2D eigenvalue weighted by atomic mass is 35.5. The molecule has 0 fully saturated rings. The lowest BCUT2D eigenvalue weighted by Crippen LogP contribution is -2.27. The van der Waals surface area contributed by atoms with Crippen LogP contribution in [-0.2, 0) is 4.74 Å². The van der Waals surface area contributed by atoms with Crippen LogP contribution in [0.25, 0.3) is 0 Å². The maximum Gasteiger partial charge on any atom is 0.269 e. The van der Waals surface area contributed by atoms with Crippen LogP contribution in [0.3, 0.4) is 0 Å². The molecule has 0 heterocycles. The molecule has 1 atom stereocenters. The van der Waals surface area contributed by atoms with Crippen LogP contribution in [0.15, 0.2) is 24.3 Å². The third-order valence-corrected chi connectivity index (χ3v) is 2.78. The molecule has 104 valence electrons. The minimum atomic E-state index is -0.509. The van der Waals surface area contributed by atoms with Crippen molar-refractivity contribution in [3.63, 3.8) is 0 Å². The summed E-state index contributed by atoms with van der Waals surface area (Å²) in [4.78, 5) is 21.7. The Balaban J connectivity index is 2.43. The molecule has 6 nitrogen and oxygen atoms in total. The zero-order valence-electron chi connectivity index (χ0n) is 10.5. The first-order chi connectivity index (χ1) is 9.04. The predicted octanol–water partition coefficient (Wildman–Crippen LogP) is 1.97. The fourth-order valence-electron chi connectivity index (χ4n) is 1.44. The summed E-state index contributed by atoms with van der Waals surface area (Å²) in [5.41, 5.74) is 0.334. The molecule has 0 radical (unpaired) electrons. The van der Waals surface area contributed by atoms with Crippen LogP contribution < -0.4 is 5.32 Å². The molecule has 1 unspecified atom stereocenters. The van der Waals surface area contributed by atoms with Gasteiger partial charge in [0.25, 0.3) is 11.6 Å². The molecule has 1 N–H and O–H groups in total. The van der Waals surface area contributed by atoms with Crippen molar-refractivity contribution >= 4 is 23.2 Å². The number of benzene rings is 1. The number of rotatable bonds is 7. The van der Waals surface area contributed by atoms with Gasteiger partial charge < -0.3 is 10.1 Å². The fourth-order valence-corrected chi connectivity index (χ4v) is 1.68. The van der Waals surface area contributed by atoms with E-state index in [1.54, 1.807) is 7.11 Å². The number of hydrogen-bond donors (Lipinski definition) is 1. The Morgan fingerprint density at radius 1 is 1.47 bits per heavy atom. The Labute approximate surface area is 115 Å². The van der Waals surface area contributed by atoms with E-state index in [1.807, 2.05) is 0 Å². The van der Waals surface area contributed by atoms with E-state index in [9.17, 15) is 14.9 Å². The molecule has 0 saturated heterocycles. The Morgan fingerprint density at radius 2 is 2.11 bits per heavy atom. The van der Waals surface area contributed by atoms with Crippen LogP contribution in [-0.4, -0.2) is 36.5 Å². The smallest absolute Gasteiger partial charge is 0.269 e. The number of nitrogens with one attached hydrogen (secondary N) is 1. The van der Waals surface area contributed by atoms with Crippen molar-refractivity contribution in [2.45, 2.75) is 11.8 Å². The lowest BCUT2D eigenvalue weighted by Gasteiger charge is -2.09. The van der Waals surface area contributed by atoms with Gasteiger partial charge in [-0.15, -0.1) is 11.6 Å². The number of methoxy groups -OCH3 is 1. The van der Waals surface area contributed by atoms with Crippen molar-refractivity contribution in [1.82, 2.24) is 5.32 Å². The van der Waals surface area contributed by atoms with E-state index >= 15 is 0 Å². The zero-order valence-corrected chi connectivity index (χ0v) is 11.2. The van der Waals surface area contributed by atoms with Crippen LogP contribution in [0.5, 0.6) is 0 Å². The van der Waals surface area contributed by atoms with Crippen LogP contribution >= 0.6 is 11.6 Å². The van der Waals surface area contributed by atoms with Crippen molar-refractivity contribution in [2.75, 3.05) is 20.3 Å². The van der Waals surface area contributed by atoms with Gasteiger partial charge in [0.05, 0.1) is 16.9 Å². The van der Waals surface area contributed by atoms with Gasteiger partial charge in [0.1, 0.15) is 0 Å². The second-order valence-corrected chi connectivity index (χ2v) is 4.52. The topological polar surface area (TPSA) is 81.5 Å². The van der Waals surface area contributed by atoms with E-state index in [-0.39, 0.29) is 17.0 Å². The molecule has 1 aromatic rings. The molecule has 0 aromatic heterocycles. The van der Waals surface area contributed by atoms with Crippen LogP contribution in [0.4, 0.5) is 5.69 Å². The van der Waals surface area contributed by atoms with E-state index < -0.39 is 4.92 Å². The monoisotopic (exact) mass is 286 g/mol. The molecular weight excluding hydrogens is 272 g/mol. The first kappa shape index (κ1) is 15.4. The summed E-state index contributed by atoms with van der Waals surface area (Å²) in [6, 6.07) is 5.43. The summed E-state index contributed by atoms with van der Waals surface area (Å²) in [6.07, 6.45) is 0.591. The van der Waals surface area contributed by atoms with Crippen molar-refractivity contribution in [1.29, 1.82) is 0 Å². The number of alkyl halides is 1. The summed E-state index contributed by atoms with van der Waals surface area (Å²) in [5.74, 6) is -0.281. The van der Waals surface area contributed by atoms with Gasteiger partial charge in [-0.1, -0.05) is 0 Å².